The van der Waals surface area contributed by atoms with Crippen LogP contribution in [0.4, 0.5) is 5.69 Å². The largest absolute Gasteiger partial charge is 0.507 e. The van der Waals surface area contributed by atoms with Gasteiger partial charge >= 0.3 is 0 Å². The van der Waals surface area contributed by atoms with E-state index in [0.717, 1.165) is 5.39 Å². The normalized spacial score (nSPS) is 9.50. The molecule has 0 spiro atoms. The van der Waals surface area contributed by atoms with Crippen molar-refractivity contribution in [3.8, 4) is 5.75 Å². The molecule has 18 heavy (non-hydrogen) atoms. The molecule has 0 aromatic heterocycles. The molecule has 5 heteroatoms. The lowest BCUT2D eigenvalue weighted by Crippen LogP contribution is -1.92. The van der Waals surface area contributed by atoms with Gasteiger partial charge in [0.15, 0.2) is 0 Å². The first-order valence-corrected chi connectivity index (χ1v) is 6.30. The monoisotopic (exact) mass is 265 g/mol. The summed E-state index contributed by atoms with van der Waals surface area (Å²) in [6, 6.07) is 8.38. The highest BCUT2D eigenvalue weighted by Crippen LogP contribution is 2.31. The van der Waals surface area contributed by atoms with Crippen molar-refractivity contribution in [2.24, 2.45) is 0 Å². The van der Waals surface area contributed by atoms with Crippen LogP contribution >= 0.6 is 12.0 Å². The van der Waals surface area contributed by atoms with Crippen molar-refractivity contribution < 1.29 is 14.5 Å². The van der Waals surface area contributed by atoms with Crippen LogP contribution in [0.25, 0.3) is 10.8 Å². The Kier molecular flexibility index (Phi) is 5.48. The lowest BCUT2D eigenvalue weighted by atomic mass is 10.1. The van der Waals surface area contributed by atoms with Gasteiger partial charge in [-0.25, -0.2) is 0 Å². The first kappa shape index (κ1) is 14.3. The van der Waals surface area contributed by atoms with Gasteiger partial charge in [-0.3, -0.25) is 4.79 Å². The Hall–Kier alpha value is -1.72. The minimum absolute atomic E-state index is 0.0728. The van der Waals surface area contributed by atoms with Gasteiger partial charge in [0.05, 0.1) is 0 Å². The number of benzene rings is 2. The van der Waals surface area contributed by atoms with E-state index in [1.807, 2.05) is 13.8 Å². The molecule has 2 aromatic rings. The molecular formula is C13H15NO3S. The molecule has 0 heterocycles. The number of rotatable bonds is 3. The molecule has 0 saturated heterocycles. The topological polar surface area (TPSA) is 69.6 Å². The van der Waals surface area contributed by atoms with E-state index in [9.17, 15) is 9.90 Å². The molecule has 2 rings (SSSR count). The van der Waals surface area contributed by atoms with E-state index in [1.165, 1.54) is 6.07 Å². The molecule has 0 aliphatic heterocycles. The Labute approximate surface area is 110 Å². The zero-order valence-electron chi connectivity index (χ0n) is 10.2. The molecular weight excluding hydrogens is 250 g/mol. The van der Waals surface area contributed by atoms with Crippen molar-refractivity contribution in [1.82, 2.24) is 0 Å². The summed E-state index contributed by atoms with van der Waals surface area (Å²) in [5.41, 5.74) is 0.613. The second-order valence-electron chi connectivity index (χ2n) is 3.23. The smallest absolute Gasteiger partial charge is 0.211 e. The maximum Gasteiger partial charge on any atom is 0.211 e. The number of anilines is 1. The van der Waals surface area contributed by atoms with Crippen LogP contribution in [0, 0.1) is 0 Å². The minimum Gasteiger partial charge on any atom is -0.507 e. The summed E-state index contributed by atoms with van der Waals surface area (Å²) in [4.78, 5) is 10.9. The van der Waals surface area contributed by atoms with Crippen LogP contribution in [0.2, 0.25) is 0 Å². The van der Waals surface area contributed by atoms with Crippen LogP contribution in [-0.4, -0.2) is 16.1 Å². The molecule has 0 fully saturated rings. The maximum absolute atomic E-state index is 10.3. The van der Waals surface area contributed by atoms with Gasteiger partial charge in [-0.2, -0.15) is 0 Å². The van der Waals surface area contributed by atoms with Crippen molar-refractivity contribution in [1.29, 1.82) is 0 Å². The summed E-state index contributed by atoms with van der Waals surface area (Å²) >= 11 is 0.580. The summed E-state index contributed by atoms with van der Waals surface area (Å²) in [6.07, 6.45) is 0.580. The average Bonchev–Trinajstić information content (AvgIpc) is 2.42. The Morgan fingerprint density at radius 2 is 1.94 bits per heavy atom. The van der Waals surface area contributed by atoms with Gasteiger partial charge in [0.25, 0.3) is 0 Å². The molecule has 4 nitrogen and oxygen atoms in total. The van der Waals surface area contributed by atoms with Gasteiger partial charge in [-0.15, -0.1) is 0 Å². The maximum atomic E-state index is 10.3. The van der Waals surface area contributed by atoms with Crippen LogP contribution in [0.15, 0.2) is 35.2 Å². The SMILES string of the molecule is CC.O=CNc1ccc2cc(SO)cc(O)c2c1. The van der Waals surface area contributed by atoms with Crippen molar-refractivity contribution >= 4 is 34.9 Å². The third-order valence-corrected chi connectivity index (χ3v) is 2.68. The number of nitrogens with one attached hydrogen (secondary N) is 1. The number of carbonyl (C=O) groups is 1. The van der Waals surface area contributed by atoms with E-state index in [0.29, 0.717) is 34.4 Å². The van der Waals surface area contributed by atoms with Crippen molar-refractivity contribution in [3.05, 3.63) is 30.3 Å². The van der Waals surface area contributed by atoms with Crippen molar-refractivity contribution in [2.75, 3.05) is 5.32 Å². The van der Waals surface area contributed by atoms with E-state index in [2.05, 4.69) is 5.32 Å². The van der Waals surface area contributed by atoms with Gasteiger partial charge in [-0.1, -0.05) is 19.9 Å². The van der Waals surface area contributed by atoms with E-state index in [4.69, 9.17) is 4.55 Å². The average molecular weight is 265 g/mol. The highest BCUT2D eigenvalue weighted by Gasteiger charge is 2.04. The summed E-state index contributed by atoms with van der Waals surface area (Å²) in [5, 5.41) is 13.7. The number of fused-ring (bicyclic) bond motifs is 1. The van der Waals surface area contributed by atoms with Gasteiger partial charge < -0.3 is 15.0 Å². The van der Waals surface area contributed by atoms with E-state index in [1.54, 1.807) is 24.3 Å². The molecule has 3 N–H and O–H groups in total. The second kappa shape index (κ2) is 6.88. The Morgan fingerprint density at radius 1 is 1.22 bits per heavy atom. The molecule has 2 aromatic carbocycles. The predicted octanol–water partition coefficient (Wildman–Crippen LogP) is 3.71. The highest BCUT2D eigenvalue weighted by atomic mass is 32.2. The molecule has 0 bridgehead atoms. The first-order chi connectivity index (χ1) is 8.74. The third-order valence-electron chi connectivity index (χ3n) is 2.24. The van der Waals surface area contributed by atoms with Crippen LogP contribution in [-0.2, 0) is 4.79 Å². The summed E-state index contributed by atoms with van der Waals surface area (Å²) in [7, 11) is 0. The number of phenolic OH excluding ortho intramolecular Hbond substituents is 1. The fraction of sp³-hybridized carbons (Fsp3) is 0.154. The second-order valence-corrected chi connectivity index (χ2v) is 3.89. The molecule has 1 amide bonds. The van der Waals surface area contributed by atoms with Crippen molar-refractivity contribution in [2.45, 2.75) is 18.7 Å². The molecule has 0 radical (unpaired) electrons. The van der Waals surface area contributed by atoms with Crippen LogP contribution in [0.3, 0.4) is 0 Å². The molecule has 0 saturated carbocycles. The van der Waals surface area contributed by atoms with Crippen LogP contribution in [0.5, 0.6) is 5.75 Å². The van der Waals surface area contributed by atoms with E-state index < -0.39 is 0 Å². The fourth-order valence-corrected chi connectivity index (χ4v) is 1.87. The summed E-state index contributed by atoms with van der Waals surface area (Å²) in [6.45, 7) is 4.00. The number of amides is 1. The Morgan fingerprint density at radius 3 is 2.56 bits per heavy atom. The number of hydrogen-bond acceptors (Lipinski definition) is 4. The standard InChI is InChI=1S/C11H9NO3S.C2H6/c13-6-12-8-2-1-7-3-9(16-15)5-11(14)10(7)4-8;1-2/h1-6,14-15H,(H,12,13);1-2H3. The zero-order chi connectivity index (χ0) is 13.5. The Bertz CT molecular complexity index is 543. The Balaban J connectivity index is 0.000000771. The van der Waals surface area contributed by atoms with Gasteiger partial charge in [-0.05, 0) is 29.7 Å². The number of carbonyl (C=O) groups excluding carboxylic acids is 1. The van der Waals surface area contributed by atoms with Gasteiger partial charge in [0.2, 0.25) is 6.41 Å². The zero-order valence-corrected chi connectivity index (χ0v) is 11.0. The van der Waals surface area contributed by atoms with Gasteiger partial charge in [0.1, 0.15) is 5.75 Å². The van der Waals surface area contributed by atoms with Gasteiger partial charge in [0, 0.05) is 28.0 Å². The van der Waals surface area contributed by atoms with Crippen LogP contribution < -0.4 is 5.32 Å². The van der Waals surface area contributed by atoms with E-state index >= 15 is 0 Å². The first-order valence-electron chi connectivity index (χ1n) is 5.53. The quantitative estimate of drug-likeness (QED) is 0.584. The molecule has 0 unspecified atom stereocenters. The van der Waals surface area contributed by atoms with Crippen molar-refractivity contribution in [3.63, 3.8) is 0 Å². The van der Waals surface area contributed by atoms with E-state index in [-0.39, 0.29) is 5.75 Å². The predicted molar refractivity (Wildman–Crippen MR) is 75.1 cm³/mol. The highest BCUT2D eigenvalue weighted by molar-refractivity contribution is 7.93. The summed E-state index contributed by atoms with van der Waals surface area (Å²) < 4.78 is 8.91. The summed E-state index contributed by atoms with van der Waals surface area (Å²) in [5.74, 6) is 0.0728. The third kappa shape index (κ3) is 3.15. The molecule has 96 valence electrons. The molecule has 0 aliphatic carbocycles. The minimum atomic E-state index is 0.0728. The molecule has 0 atom stereocenters. The number of phenols is 1. The lowest BCUT2D eigenvalue weighted by molar-refractivity contribution is -0.105. The fourth-order valence-electron chi connectivity index (χ4n) is 1.52. The number of aromatic hydroxyl groups is 1. The number of hydrogen-bond donors (Lipinski definition) is 3. The molecule has 0 aliphatic rings. The van der Waals surface area contributed by atoms with Crippen LogP contribution in [0.1, 0.15) is 13.8 Å². The lowest BCUT2D eigenvalue weighted by Gasteiger charge is -2.05.